The van der Waals surface area contributed by atoms with E-state index in [0.717, 1.165) is 25.2 Å². The molecule has 8 heteroatoms. The van der Waals surface area contributed by atoms with Crippen LogP contribution in [0, 0.1) is 6.92 Å². The van der Waals surface area contributed by atoms with Crippen molar-refractivity contribution in [3.63, 3.8) is 0 Å². The van der Waals surface area contributed by atoms with Gasteiger partial charge in [0.05, 0.1) is 22.3 Å². The fourth-order valence-electron chi connectivity index (χ4n) is 3.68. The molecule has 2 heterocycles. The normalized spacial score (nSPS) is 14.8. The molecule has 1 saturated heterocycles. The summed E-state index contributed by atoms with van der Waals surface area (Å²) >= 11 is 0. The molecule has 166 valence electrons. The van der Waals surface area contributed by atoms with Crippen molar-refractivity contribution in [2.24, 2.45) is 0 Å². The van der Waals surface area contributed by atoms with E-state index in [1.54, 1.807) is 29.2 Å². The Morgan fingerprint density at radius 3 is 2.34 bits per heavy atom. The van der Waals surface area contributed by atoms with Gasteiger partial charge in [0.2, 0.25) is 0 Å². The van der Waals surface area contributed by atoms with Crippen LogP contribution < -0.4 is 4.72 Å². The molecule has 0 spiro atoms. The molecule has 4 rings (SSSR count). The number of nitrogens with zero attached hydrogens (tertiary/aromatic N) is 3. The van der Waals surface area contributed by atoms with Gasteiger partial charge in [0, 0.05) is 38.9 Å². The molecule has 0 unspecified atom stereocenters. The Morgan fingerprint density at radius 2 is 1.66 bits per heavy atom. The summed E-state index contributed by atoms with van der Waals surface area (Å²) in [5.41, 5.74) is 2.86. The second kappa shape index (κ2) is 9.50. The van der Waals surface area contributed by atoms with Crippen LogP contribution in [0.15, 0.2) is 78.0 Å². The summed E-state index contributed by atoms with van der Waals surface area (Å²) in [6.45, 7) is 5.56. The van der Waals surface area contributed by atoms with Crippen molar-refractivity contribution >= 4 is 21.6 Å². The average Bonchev–Trinajstić information content (AvgIpc) is 2.80. The quantitative estimate of drug-likeness (QED) is 0.624. The summed E-state index contributed by atoms with van der Waals surface area (Å²) in [4.78, 5) is 21.3. The van der Waals surface area contributed by atoms with Crippen molar-refractivity contribution in [2.45, 2.75) is 18.4 Å². The topological polar surface area (TPSA) is 82.6 Å². The molecule has 0 radical (unpaired) electrons. The van der Waals surface area contributed by atoms with Crippen LogP contribution in [0.3, 0.4) is 0 Å². The molecule has 1 amide bonds. The predicted molar refractivity (Wildman–Crippen MR) is 124 cm³/mol. The Hall–Kier alpha value is -3.23. The van der Waals surface area contributed by atoms with Gasteiger partial charge >= 0.3 is 0 Å². The van der Waals surface area contributed by atoms with E-state index >= 15 is 0 Å². The monoisotopic (exact) mass is 450 g/mol. The zero-order valence-corrected chi connectivity index (χ0v) is 18.8. The van der Waals surface area contributed by atoms with Crippen LogP contribution in [-0.2, 0) is 16.6 Å². The molecule has 1 aliphatic heterocycles. The van der Waals surface area contributed by atoms with Crippen LogP contribution >= 0.6 is 0 Å². The van der Waals surface area contributed by atoms with E-state index in [-0.39, 0.29) is 16.5 Å². The van der Waals surface area contributed by atoms with Crippen LogP contribution in [0.2, 0.25) is 0 Å². The van der Waals surface area contributed by atoms with Gasteiger partial charge in [-0.15, -0.1) is 0 Å². The zero-order valence-electron chi connectivity index (χ0n) is 17.9. The average molecular weight is 451 g/mol. The second-order valence-electron chi connectivity index (χ2n) is 7.93. The lowest BCUT2D eigenvalue weighted by Gasteiger charge is -2.34. The summed E-state index contributed by atoms with van der Waals surface area (Å²) in [6.07, 6.45) is 2.88. The van der Waals surface area contributed by atoms with Crippen LogP contribution in [0.4, 0.5) is 5.69 Å². The Balaban J connectivity index is 1.39. The second-order valence-corrected chi connectivity index (χ2v) is 9.62. The largest absolute Gasteiger partial charge is 0.336 e. The lowest BCUT2D eigenvalue weighted by Crippen LogP contribution is -2.48. The number of hydrogen-bond donors (Lipinski definition) is 1. The fourth-order valence-corrected chi connectivity index (χ4v) is 4.71. The highest BCUT2D eigenvalue weighted by Gasteiger charge is 2.23. The Kier molecular flexibility index (Phi) is 6.53. The molecule has 32 heavy (non-hydrogen) atoms. The number of pyridine rings is 1. The number of carbonyl (C=O) groups is 1. The molecular formula is C24H26N4O3S. The molecule has 1 N–H and O–H groups in total. The van der Waals surface area contributed by atoms with Crippen LogP contribution in [-0.4, -0.2) is 55.3 Å². The number of sulfonamides is 1. The fraction of sp³-hybridized carbons (Fsp3) is 0.250. The van der Waals surface area contributed by atoms with Gasteiger partial charge in [-0.05, 0) is 30.7 Å². The first-order valence-electron chi connectivity index (χ1n) is 10.5. The number of benzene rings is 2. The SMILES string of the molecule is Cc1ccc(S(=O)(=O)Nc2cncc(C(=O)N3CCN(Cc4ccccc4)CC3)c2)cc1. The van der Waals surface area contributed by atoms with Gasteiger partial charge in [0.15, 0.2) is 0 Å². The first-order chi connectivity index (χ1) is 15.4. The van der Waals surface area contributed by atoms with E-state index in [1.165, 1.54) is 24.0 Å². The van der Waals surface area contributed by atoms with Crippen molar-refractivity contribution in [3.8, 4) is 0 Å². The molecule has 0 aliphatic carbocycles. The van der Waals surface area contributed by atoms with Crippen LogP contribution in [0.25, 0.3) is 0 Å². The van der Waals surface area contributed by atoms with Gasteiger partial charge in [-0.3, -0.25) is 19.4 Å². The summed E-state index contributed by atoms with van der Waals surface area (Å²) in [5.74, 6) is -0.145. The third-order valence-corrected chi connectivity index (χ3v) is 6.87. The maximum atomic E-state index is 13.0. The first kappa shape index (κ1) is 22.0. The lowest BCUT2D eigenvalue weighted by atomic mass is 10.2. The Morgan fingerprint density at radius 1 is 0.969 bits per heavy atom. The molecule has 1 fully saturated rings. The zero-order chi connectivity index (χ0) is 22.6. The third kappa shape index (κ3) is 5.33. The molecule has 0 atom stereocenters. The smallest absolute Gasteiger partial charge is 0.261 e. The number of carbonyl (C=O) groups excluding carboxylic acids is 1. The van der Waals surface area contributed by atoms with Gasteiger partial charge < -0.3 is 4.90 Å². The molecule has 2 aromatic carbocycles. The van der Waals surface area contributed by atoms with Gasteiger partial charge in [-0.1, -0.05) is 48.0 Å². The molecular weight excluding hydrogens is 424 g/mol. The van der Waals surface area contributed by atoms with Crippen molar-refractivity contribution in [2.75, 3.05) is 30.9 Å². The van der Waals surface area contributed by atoms with Crippen molar-refractivity contribution < 1.29 is 13.2 Å². The number of nitrogens with one attached hydrogen (secondary N) is 1. The number of aromatic nitrogens is 1. The molecule has 3 aromatic rings. The van der Waals surface area contributed by atoms with Gasteiger partial charge in [-0.2, -0.15) is 0 Å². The third-order valence-electron chi connectivity index (χ3n) is 5.48. The van der Waals surface area contributed by atoms with Gasteiger partial charge in [0.1, 0.15) is 0 Å². The van der Waals surface area contributed by atoms with E-state index in [1.807, 2.05) is 25.1 Å². The predicted octanol–water partition coefficient (Wildman–Crippen LogP) is 3.15. The van der Waals surface area contributed by atoms with E-state index in [4.69, 9.17) is 0 Å². The minimum atomic E-state index is -3.76. The molecule has 0 bridgehead atoms. The van der Waals surface area contributed by atoms with Crippen molar-refractivity contribution in [3.05, 3.63) is 89.7 Å². The summed E-state index contributed by atoms with van der Waals surface area (Å²) < 4.78 is 27.8. The summed E-state index contributed by atoms with van der Waals surface area (Å²) in [6, 6.07) is 18.4. The van der Waals surface area contributed by atoms with Crippen LogP contribution in [0.5, 0.6) is 0 Å². The van der Waals surface area contributed by atoms with E-state index in [2.05, 4.69) is 26.7 Å². The highest BCUT2D eigenvalue weighted by atomic mass is 32.2. The number of hydrogen-bond acceptors (Lipinski definition) is 5. The van der Waals surface area contributed by atoms with Gasteiger partial charge in [0.25, 0.3) is 15.9 Å². The van der Waals surface area contributed by atoms with E-state index in [0.29, 0.717) is 18.7 Å². The number of amides is 1. The number of aryl methyl sites for hydroxylation is 1. The maximum Gasteiger partial charge on any atom is 0.261 e. The molecule has 0 saturated carbocycles. The molecule has 1 aromatic heterocycles. The van der Waals surface area contributed by atoms with E-state index in [9.17, 15) is 13.2 Å². The minimum absolute atomic E-state index is 0.145. The van der Waals surface area contributed by atoms with E-state index < -0.39 is 10.0 Å². The molecule has 1 aliphatic rings. The number of rotatable bonds is 6. The van der Waals surface area contributed by atoms with Crippen molar-refractivity contribution in [1.82, 2.24) is 14.8 Å². The van der Waals surface area contributed by atoms with Gasteiger partial charge in [-0.25, -0.2) is 8.42 Å². The van der Waals surface area contributed by atoms with Crippen molar-refractivity contribution in [1.29, 1.82) is 0 Å². The first-order valence-corrected chi connectivity index (χ1v) is 12.0. The lowest BCUT2D eigenvalue weighted by molar-refractivity contribution is 0.0628. The standard InChI is InChI=1S/C24H26N4O3S/c1-19-7-9-23(10-8-19)32(30,31)26-22-15-21(16-25-17-22)24(29)28-13-11-27(12-14-28)18-20-5-3-2-4-6-20/h2-10,15-17,26H,11-14,18H2,1H3. The minimum Gasteiger partial charge on any atom is -0.336 e. The molecule has 7 nitrogen and oxygen atoms in total. The maximum absolute atomic E-state index is 13.0. The summed E-state index contributed by atoms with van der Waals surface area (Å²) in [5, 5.41) is 0. The summed E-state index contributed by atoms with van der Waals surface area (Å²) in [7, 11) is -3.76. The Labute approximate surface area is 188 Å². The van der Waals surface area contributed by atoms with Crippen LogP contribution in [0.1, 0.15) is 21.5 Å². The number of anilines is 1. The number of piperazine rings is 1. The highest BCUT2D eigenvalue weighted by Crippen LogP contribution is 2.18. The Bertz CT molecular complexity index is 1170. The highest BCUT2D eigenvalue weighted by molar-refractivity contribution is 7.92.